The maximum absolute atomic E-state index is 5.62. The molecule has 1 unspecified atom stereocenters. The molecule has 0 saturated carbocycles. The number of hydrogen-bond donors (Lipinski definition) is 2. The third-order valence-electron chi connectivity index (χ3n) is 1.40. The summed E-state index contributed by atoms with van der Waals surface area (Å²) in [6, 6.07) is 10.6. The van der Waals surface area contributed by atoms with Crippen LogP contribution in [0.3, 0.4) is 0 Å². The first-order valence-electron chi connectivity index (χ1n) is 5.31. The summed E-state index contributed by atoms with van der Waals surface area (Å²) in [6.07, 6.45) is 0.973. The lowest BCUT2D eigenvalue weighted by Gasteiger charge is -2.04. The van der Waals surface area contributed by atoms with E-state index in [1.807, 2.05) is 25.1 Å². The molecule has 1 atom stereocenters. The number of rotatable bonds is 2. The summed E-state index contributed by atoms with van der Waals surface area (Å²) in [5.74, 6) is 0. The molecule has 0 heterocycles. The molecule has 2 N–H and O–H groups in total. The van der Waals surface area contributed by atoms with E-state index in [4.69, 9.17) is 5.73 Å². The van der Waals surface area contributed by atoms with E-state index in [1.165, 1.54) is 5.56 Å². The van der Waals surface area contributed by atoms with Gasteiger partial charge in [0.1, 0.15) is 0 Å². The zero-order valence-electron chi connectivity index (χ0n) is 10.2. The van der Waals surface area contributed by atoms with E-state index in [0.29, 0.717) is 0 Å². The van der Waals surface area contributed by atoms with Crippen LogP contribution in [0.15, 0.2) is 30.3 Å². The molecule has 1 aromatic carbocycles. The monoisotopic (exact) mass is 225 g/mol. The summed E-state index contributed by atoms with van der Waals surface area (Å²) in [5.41, 5.74) is 6.94. The zero-order chi connectivity index (χ0) is 11.9. The summed E-state index contributed by atoms with van der Waals surface area (Å²) >= 11 is 4.12. The third kappa shape index (κ3) is 13.5. The van der Waals surface area contributed by atoms with Gasteiger partial charge >= 0.3 is 0 Å². The molecule has 0 radical (unpaired) electrons. The lowest BCUT2D eigenvalue weighted by Crippen LogP contribution is -2.17. The number of thiol groups is 1. The molecule has 2 heteroatoms. The maximum atomic E-state index is 5.62. The van der Waals surface area contributed by atoms with E-state index in [2.05, 4.69) is 45.5 Å². The quantitative estimate of drug-likeness (QED) is 0.742. The lowest BCUT2D eigenvalue weighted by molar-refractivity contribution is 0.738. The minimum absolute atomic E-state index is 0.194. The van der Waals surface area contributed by atoms with Gasteiger partial charge in [-0.25, -0.2) is 0 Å². The minimum Gasteiger partial charge on any atom is -0.328 e. The summed E-state index contributed by atoms with van der Waals surface area (Å²) in [7, 11) is 0. The van der Waals surface area contributed by atoms with Crippen molar-refractivity contribution in [1.29, 1.82) is 0 Å². The van der Waals surface area contributed by atoms with Crippen LogP contribution in [-0.2, 0) is 6.42 Å². The SMILES string of the molecule is CC(C)(C)S.CC(N)Cc1ccccc1. The fourth-order valence-corrected chi connectivity index (χ4v) is 0.986. The molecule has 0 bridgehead atoms. The normalized spacial score (nSPS) is 12.7. The van der Waals surface area contributed by atoms with Gasteiger partial charge in [0.05, 0.1) is 0 Å². The maximum Gasteiger partial charge on any atom is 0.00509 e. The van der Waals surface area contributed by atoms with Crippen LogP contribution in [0.25, 0.3) is 0 Å². The molecular weight excluding hydrogens is 202 g/mol. The van der Waals surface area contributed by atoms with Gasteiger partial charge in [-0.15, -0.1) is 0 Å². The van der Waals surface area contributed by atoms with E-state index >= 15 is 0 Å². The minimum atomic E-state index is 0.194. The summed E-state index contributed by atoms with van der Waals surface area (Å²) < 4.78 is 0.194. The second kappa shape index (κ2) is 6.91. The molecule has 15 heavy (non-hydrogen) atoms. The number of nitrogens with two attached hydrogens (primary N) is 1. The first-order chi connectivity index (χ1) is 6.79. The predicted octanol–water partition coefficient (Wildman–Crippen LogP) is 3.29. The van der Waals surface area contributed by atoms with E-state index < -0.39 is 0 Å². The van der Waals surface area contributed by atoms with E-state index in [1.54, 1.807) is 0 Å². The molecule has 86 valence electrons. The Hall–Kier alpha value is -0.470. The first kappa shape index (κ1) is 14.5. The Balaban J connectivity index is 0.000000336. The standard InChI is InChI=1S/C9H13N.C4H10S/c1-8(10)7-9-5-3-2-4-6-9;1-4(2,3)5/h2-6,8H,7,10H2,1H3;5H,1-3H3. The topological polar surface area (TPSA) is 26.0 Å². The second-order valence-electron chi connectivity index (χ2n) is 4.84. The van der Waals surface area contributed by atoms with Crippen LogP contribution < -0.4 is 5.73 Å². The van der Waals surface area contributed by atoms with Crippen LogP contribution in [0.4, 0.5) is 0 Å². The molecule has 0 fully saturated rings. The largest absolute Gasteiger partial charge is 0.328 e. The van der Waals surface area contributed by atoms with Crippen molar-refractivity contribution < 1.29 is 0 Å². The van der Waals surface area contributed by atoms with Gasteiger partial charge in [-0.2, -0.15) is 12.6 Å². The van der Waals surface area contributed by atoms with Gasteiger partial charge in [0.25, 0.3) is 0 Å². The Bertz CT molecular complexity index is 243. The Morgan fingerprint density at radius 2 is 1.60 bits per heavy atom. The van der Waals surface area contributed by atoms with Gasteiger partial charge in [-0.05, 0) is 18.9 Å². The molecular formula is C13H23NS. The van der Waals surface area contributed by atoms with Crippen molar-refractivity contribution in [2.45, 2.75) is 44.9 Å². The Kier molecular flexibility index (Phi) is 6.70. The Morgan fingerprint density at radius 3 is 1.93 bits per heavy atom. The van der Waals surface area contributed by atoms with E-state index in [-0.39, 0.29) is 10.8 Å². The molecule has 0 aliphatic heterocycles. The van der Waals surface area contributed by atoms with Gasteiger partial charge in [0.2, 0.25) is 0 Å². The van der Waals surface area contributed by atoms with Crippen LogP contribution in [0.5, 0.6) is 0 Å². The molecule has 0 amide bonds. The van der Waals surface area contributed by atoms with Crippen LogP contribution in [0.2, 0.25) is 0 Å². The number of benzene rings is 1. The average Bonchev–Trinajstić information content (AvgIpc) is 2.01. The average molecular weight is 225 g/mol. The van der Waals surface area contributed by atoms with E-state index in [9.17, 15) is 0 Å². The van der Waals surface area contributed by atoms with Crippen LogP contribution >= 0.6 is 12.6 Å². The highest BCUT2D eigenvalue weighted by Gasteiger charge is 1.97. The smallest absolute Gasteiger partial charge is 0.00509 e. The van der Waals surface area contributed by atoms with Crippen molar-refractivity contribution in [2.24, 2.45) is 5.73 Å². The second-order valence-corrected chi connectivity index (χ2v) is 6.18. The fraction of sp³-hybridized carbons (Fsp3) is 0.538. The van der Waals surface area contributed by atoms with Crippen LogP contribution in [0, 0.1) is 0 Å². The summed E-state index contributed by atoms with van der Waals surface area (Å²) in [5, 5.41) is 0. The van der Waals surface area contributed by atoms with Crippen LogP contribution in [0.1, 0.15) is 33.3 Å². The highest BCUT2D eigenvalue weighted by Crippen LogP contribution is 2.07. The van der Waals surface area contributed by atoms with Crippen LogP contribution in [-0.4, -0.2) is 10.8 Å². The van der Waals surface area contributed by atoms with Gasteiger partial charge in [-0.1, -0.05) is 51.1 Å². The zero-order valence-corrected chi connectivity index (χ0v) is 11.1. The van der Waals surface area contributed by atoms with Crippen molar-refractivity contribution in [3.05, 3.63) is 35.9 Å². The van der Waals surface area contributed by atoms with Crippen molar-refractivity contribution in [2.75, 3.05) is 0 Å². The van der Waals surface area contributed by atoms with Crippen molar-refractivity contribution in [1.82, 2.24) is 0 Å². The highest BCUT2D eigenvalue weighted by molar-refractivity contribution is 7.81. The molecule has 0 aliphatic rings. The molecule has 1 aromatic rings. The Labute approximate surface area is 99.5 Å². The van der Waals surface area contributed by atoms with Gasteiger partial charge in [0.15, 0.2) is 0 Å². The van der Waals surface area contributed by atoms with Crippen molar-refractivity contribution in [3.8, 4) is 0 Å². The van der Waals surface area contributed by atoms with Gasteiger partial charge < -0.3 is 5.73 Å². The Morgan fingerprint density at radius 1 is 1.20 bits per heavy atom. The summed E-state index contributed by atoms with van der Waals surface area (Å²) in [6.45, 7) is 8.18. The van der Waals surface area contributed by atoms with Gasteiger partial charge in [0, 0.05) is 10.8 Å². The van der Waals surface area contributed by atoms with Crippen molar-refractivity contribution >= 4 is 12.6 Å². The molecule has 1 rings (SSSR count). The number of hydrogen-bond acceptors (Lipinski definition) is 2. The van der Waals surface area contributed by atoms with E-state index in [0.717, 1.165) is 6.42 Å². The third-order valence-corrected chi connectivity index (χ3v) is 1.40. The molecule has 0 aromatic heterocycles. The molecule has 0 spiro atoms. The van der Waals surface area contributed by atoms with Crippen molar-refractivity contribution in [3.63, 3.8) is 0 Å². The molecule has 0 saturated heterocycles. The highest BCUT2D eigenvalue weighted by atomic mass is 32.1. The summed E-state index contributed by atoms with van der Waals surface area (Å²) in [4.78, 5) is 0. The molecule has 0 aliphatic carbocycles. The lowest BCUT2D eigenvalue weighted by atomic mass is 10.1. The van der Waals surface area contributed by atoms with Gasteiger partial charge in [-0.3, -0.25) is 0 Å². The predicted molar refractivity (Wildman–Crippen MR) is 72.5 cm³/mol. The molecule has 1 nitrogen and oxygen atoms in total. The first-order valence-corrected chi connectivity index (χ1v) is 5.75. The fourth-order valence-electron chi connectivity index (χ4n) is 0.986.